The van der Waals surface area contributed by atoms with E-state index in [0.717, 1.165) is 10.9 Å². The highest BCUT2D eigenvalue weighted by molar-refractivity contribution is 6.04. The average molecular weight is 239 g/mol. The van der Waals surface area contributed by atoms with Crippen LogP contribution < -0.4 is 5.32 Å². The smallest absolute Gasteiger partial charge is 0.258 e. The lowest BCUT2D eigenvalue weighted by molar-refractivity contribution is 0.102. The molecule has 0 aliphatic carbocycles. The molecular weight excluding hydrogens is 230 g/mol. The van der Waals surface area contributed by atoms with Crippen LogP contribution in [0.1, 0.15) is 10.4 Å². The van der Waals surface area contributed by atoms with E-state index in [9.17, 15) is 4.79 Å². The monoisotopic (exact) mass is 239 g/mol. The first-order chi connectivity index (χ1) is 8.83. The summed E-state index contributed by atoms with van der Waals surface area (Å²) in [6.07, 6.45) is 6.03. The Kier molecular flexibility index (Phi) is 2.45. The lowest BCUT2D eigenvalue weighted by Crippen LogP contribution is -2.12. The van der Waals surface area contributed by atoms with Gasteiger partial charge < -0.3 is 5.32 Å². The number of carbonyl (C=O) groups is 1. The SMILES string of the molecule is O=C(Nc1ccc2[nH]ncc2c1)c1cncnc1. The van der Waals surface area contributed by atoms with E-state index in [1.54, 1.807) is 6.20 Å². The van der Waals surface area contributed by atoms with E-state index in [1.165, 1.54) is 18.7 Å². The zero-order valence-corrected chi connectivity index (χ0v) is 9.29. The largest absolute Gasteiger partial charge is 0.322 e. The van der Waals surface area contributed by atoms with Gasteiger partial charge in [0.2, 0.25) is 0 Å². The third-order valence-electron chi connectivity index (χ3n) is 2.52. The number of anilines is 1. The summed E-state index contributed by atoms with van der Waals surface area (Å²) < 4.78 is 0. The van der Waals surface area contributed by atoms with Crippen LogP contribution in [0.25, 0.3) is 10.9 Å². The molecule has 6 heteroatoms. The van der Waals surface area contributed by atoms with Crippen LogP contribution in [-0.4, -0.2) is 26.1 Å². The van der Waals surface area contributed by atoms with Crippen LogP contribution in [0.2, 0.25) is 0 Å². The number of aromatic amines is 1. The molecule has 0 aliphatic heterocycles. The molecule has 88 valence electrons. The maximum absolute atomic E-state index is 11.9. The fraction of sp³-hybridized carbons (Fsp3) is 0. The predicted octanol–water partition coefficient (Wildman–Crippen LogP) is 1.61. The van der Waals surface area contributed by atoms with Crippen molar-refractivity contribution >= 4 is 22.5 Å². The molecule has 2 heterocycles. The van der Waals surface area contributed by atoms with E-state index < -0.39 is 0 Å². The van der Waals surface area contributed by atoms with Crippen molar-refractivity contribution in [2.45, 2.75) is 0 Å². The molecule has 6 nitrogen and oxygen atoms in total. The summed E-state index contributed by atoms with van der Waals surface area (Å²) in [5.41, 5.74) is 2.05. The normalized spacial score (nSPS) is 10.4. The zero-order chi connectivity index (χ0) is 12.4. The van der Waals surface area contributed by atoms with Crippen molar-refractivity contribution in [3.05, 3.63) is 48.7 Å². The molecule has 3 rings (SSSR count). The topological polar surface area (TPSA) is 83.6 Å². The highest BCUT2D eigenvalue weighted by atomic mass is 16.1. The first-order valence-corrected chi connectivity index (χ1v) is 5.32. The lowest BCUT2D eigenvalue weighted by Gasteiger charge is -2.04. The highest BCUT2D eigenvalue weighted by Gasteiger charge is 2.06. The fourth-order valence-electron chi connectivity index (χ4n) is 1.64. The number of hydrogen-bond donors (Lipinski definition) is 2. The zero-order valence-electron chi connectivity index (χ0n) is 9.29. The number of benzene rings is 1. The van der Waals surface area contributed by atoms with Crippen LogP contribution in [0.3, 0.4) is 0 Å². The van der Waals surface area contributed by atoms with Crippen molar-refractivity contribution in [2.75, 3.05) is 5.32 Å². The Morgan fingerprint density at radius 1 is 1.17 bits per heavy atom. The number of fused-ring (bicyclic) bond motifs is 1. The summed E-state index contributed by atoms with van der Waals surface area (Å²) in [6, 6.07) is 5.52. The van der Waals surface area contributed by atoms with E-state index in [4.69, 9.17) is 0 Å². The maximum atomic E-state index is 11.9. The van der Waals surface area contributed by atoms with Crippen LogP contribution in [0, 0.1) is 0 Å². The lowest BCUT2D eigenvalue weighted by atomic mass is 10.2. The third-order valence-corrected chi connectivity index (χ3v) is 2.52. The molecule has 0 spiro atoms. The van der Waals surface area contributed by atoms with Crippen molar-refractivity contribution in [1.29, 1.82) is 0 Å². The van der Waals surface area contributed by atoms with Crippen LogP contribution in [-0.2, 0) is 0 Å². The molecule has 0 aliphatic rings. The van der Waals surface area contributed by atoms with Crippen molar-refractivity contribution in [3.8, 4) is 0 Å². The number of nitrogens with one attached hydrogen (secondary N) is 2. The molecule has 1 amide bonds. The second-order valence-corrected chi connectivity index (χ2v) is 3.75. The van der Waals surface area contributed by atoms with Gasteiger partial charge in [-0.15, -0.1) is 0 Å². The van der Waals surface area contributed by atoms with Gasteiger partial charge in [0.15, 0.2) is 0 Å². The van der Waals surface area contributed by atoms with Crippen LogP contribution in [0.4, 0.5) is 5.69 Å². The van der Waals surface area contributed by atoms with E-state index in [2.05, 4.69) is 25.5 Å². The van der Waals surface area contributed by atoms with Gasteiger partial charge in [-0.25, -0.2) is 9.97 Å². The van der Waals surface area contributed by atoms with Gasteiger partial charge in [0.1, 0.15) is 6.33 Å². The van der Waals surface area contributed by atoms with Gasteiger partial charge in [-0.05, 0) is 18.2 Å². The molecule has 2 N–H and O–H groups in total. The molecule has 0 saturated heterocycles. The minimum atomic E-state index is -0.238. The van der Waals surface area contributed by atoms with Gasteiger partial charge in [-0.2, -0.15) is 5.10 Å². The molecule has 18 heavy (non-hydrogen) atoms. The summed E-state index contributed by atoms with van der Waals surface area (Å²) in [7, 11) is 0. The minimum absolute atomic E-state index is 0.238. The number of carbonyl (C=O) groups excluding carboxylic acids is 1. The number of H-pyrrole nitrogens is 1. The standard InChI is InChI=1S/C12H9N5O/c18-12(9-4-13-7-14-5-9)16-10-1-2-11-8(3-10)6-15-17-11/h1-7H,(H,15,17)(H,16,18). The van der Waals surface area contributed by atoms with Gasteiger partial charge >= 0.3 is 0 Å². The summed E-state index contributed by atoms with van der Waals surface area (Å²) in [4.78, 5) is 19.5. The van der Waals surface area contributed by atoms with Crippen molar-refractivity contribution < 1.29 is 4.79 Å². The van der Waals surface area contributed by atoms with Crippen molar-refractivity contribution in [3.63, 3.8) is 0 Å². The first kappa shape index (κ1) is 10.4. The maximum Gasteiger partial charge on any atom is 0.258 e. The van der Waals surface area contributed by atoms with E-state index >= 15 is 0 Å². The Morgan fingerprint density at radius 3 is 2.83 bits per heavy atom. The summed E-state index contributed by atoms with van der Waals surface area (Å²) >= 11 is 0. The van der Waals surface area contributed by atoms with Crippen molar-refractivity contribution in [2.24, 2.45) is 0 Å². The Morgan fingerprint density at radius 2 is 2.00 bits per heavy atom. The molecule has 0 radical (unpaired) electrons. The van der Waals surface area contributed by atoms with Crippen LogP contribution in [0.5, 0.6) is 0 Å². The second-order valence-electron chi connectivity index (χ2n) is 3.75. The Labute approximate surface area is 102 Å². The molecule has 3 aromatic rings. The molecule has 2 aromatic heterocycles. The quantitative estimate of drug-likeness (QED) is 0.711. The van der Waals surface area contributed by atoms with E-state index in [1.807, 2.05) is 18.2 Å². The Bertz CT molecular complexity index is 692. The first-order valence-electron chi connectivity index (χ1n) is 5.32. The molecule has 0 atom stereocenters. The minimum Gasteiger partial charge on any atom is -0.322 e. The molecular formula is C12H9N5O. The average Bonchev–Trinajstić information content (AvgIpc) is 2.87. The van der Waals surface area contributed by atoms with Gasteiger partial charge in [-0.1, -0.05) is 0 Å². The number of aromatic nitrogens is 4. The van der Waals surface area contributed by atoms with Gasteiger partial charge in [0.05, 0.1) is 17.3 Å². The number of nitrogens with zero attached hydrogens (tertiary/aromatic N) is 3. The third kappa shape index (κ3) is 1.91. The van der Waals surface area contributed by atoms with Gasteiger partial charge in [-0.3, -0.25) is 9.89 Å². The van der Waals surface area contributed by atoms with Gasteiger partial charge in [0.25, 0.3) is 5.91 Å². The van der Waals surface area contributed by atoms with Crippen molar-refractivity contribution in [1.82, 2.24) is 20.2 Å². The fourth-order valence-corrected chi connectivity index (χ4v) is 1.64. The summed E-state index contributed by atoms with van der Waals surface area (Å²) in [5.74, 6) is -0.238. The molecule has 1 aromatic carbocycles. The molecule has 0 saturated carbocycles. The van der Waals surface area contributed by atoms with Crippen LogP contribution >= 0.6 is 0 Å². The Balaban J connectivity index is 1.86. The molecule has 0 bridgehead atoms. The number of rotatable bonds is 2. The molecule has 0 unspecified atom stereocenters. The molecule has 0 fully saturated rings. The van der Waals surface area contributed by atoms with E-state index in [0.29, 0.717) is 11.3 Å². The van der Waals surface area contributed by atoms with Gasteiger partial charge in [0, 0.05) is 23.5 Å². The number of amides is 1. The predicted molar refractivity (Wildman–Crippen MR) is 66.1 cm³/mol. The number of hydrogen-bond acceptors (Lipinski definition) is 4. The highest BCUT2D eigenvalue weighted by Crippen LogP contribution is 2.17. The summed E-state index contributed by atoms with van der Waals surface area (Å²) in [6.45, 7) is 0. The Hall–Kier alpha value is -2.76. The second kappa shape index (κ2) is 4.25. The van der Waals surface area contributed by atoms with E-state index in [-0.39, 0.29) is 5.91 Å². The van der Waals surface area contributed by atoms with Crippen LogP contribution in [0.15, 0.2) is 43.1 Å². The summed E-state index contributed by atoms with van der Waals surface area (Å²) in [5, 5.41) is 10.5.